The van der Waals surface area contributed by atoms with E-state index in [1.807, 2.05) is 0 Å². The molecule has 2 N–H and O–H groups in total. The van der Waals surface area contributed by atoms with E-state index in [0.717, 1.165) is 0 Å². The third kappa shape index (κ3) is 11.6. The van der Waals surface area contributed by atoms with Crippen LogP contribution in [0, 0.1) is 0 Å². The standard InChI is InChI=1S/Na.H2O7S2.H/c;1-8(2,3)7-9(4,5)6;/h;(H,1,2,3)(H,4,5,6);/q+1;;-1. The molecule has 0 bridgehead atoms. The third-order valence-corrected chi connectivity index (χ3v) is 1.55. The van der Waals surface area contributed by atoms with E-state index in [9.17, 15) is 16.8 Å². The number of rotatable bonds is 2. The van der Waals surface area contributed by atoms with Gasteiger partial charge in [0.25, 0.3) is 0 Å². The summed E-state index contributed by atoms with van der Waals surface area (Å²) in [6.45, 7) is 0. The molecule has 0 saturated heterocycles. The summed E-state index contributed by atoms with van der Waals surface area (Å²) in [6, 6.07) is 0. The maximum absolute atomic E-state index is 9.44. The molecule has 0 aromatic rings. The van der Waals surface area contributed by atoms with Crippen LogP contribution in [0.25, 0.3) is 0 Å². The molecule has 0 amide bonds. The van der Waals surface area contributed by atoms with Crippen molar-refractivity contribution < 1.29 is 60.6 Å². The van der Waals surface area contributed by atoms with E-state index < -0.39 is 20.8 Å². The van der Waals surface area contributed by atoms with Gasteiger partial charge < -0.3 is 1.43 Å². The van der Waals surface area contributed by atoms with Gasteiger partial charge in [-0.2, -0.15) is 16.8 Å². The van der Waals surface area contributed by atoms with Gasteiger partial charge in [0.1, 0.15) is 0 Å². The van der Waals surface area contributed by atoms with Crippen LogP contribution in [0.1, 0.15) is 1.43 Å². The van der Waals surface area contributed by atoms with Crippen molar-refractivity contribution in [3.63, 3.8) is 0 Å². The topological polar surface area (TPSA) is 118 Å². The molecule has 0 aliphatic heterocycles. The van der Waals surface area contributed by atoms with Crippen molar-refractivity contribution in [3.05, 3.63) is 0 Å². The van der Waals surface area contributed by atoms with Crippen LogP contribution in [0.4, 0.5) is 0 Å². The normalized spacial score (nSPS) is 12.2. The third-order valence-electron chi connectivity index (χ3n) is 0.172. The Morgan fingerprint density at radius 3 is 1.20 bits per heavy atom. The monoisotopic (exact) mass is 202 g/mol. The Hall–Kier alpha value is 0.780. The molecular formula is H3NaO7S2. The summed E-state index contributed by atoms with van der Waals surface area (Å²) in [5, 5.41) is 0. The Morgan fingerprint density at radius 1 is 1.00 bits per heavy atom. The number of hydrogen-bond donors (Lipinski definition) is 2. The molecule has 0 aromatic carbocycles. The average molecular weight is 202 g/mol. The fraction of sp³-hybridized carbons (Fsp3) is 0. The minimum atomic E-state index is -5.12. The van der Waals surface area contributed by atoms with Gasteiger partial charge in [-0.3, -0.25) is 9.11 Å². The summed E-state index contributed by atoms with van der Waals surface area (Å²) in [5.41, 5.74) is 0. The van der Waals surface area contributed by atoms with Crippen LogP contribution < -0.4 is 29.6 Å². The van der Waals surface area contributed by atoms with E-state index in [1.54, 1.807) is 0 Å². The zero-order valence-corrected chi connectivity index (χ0v) is 8.39. The second kappa shape index (κ2) is 3.97. The summed E-state index contributed by atoms with van der Waals surface area (Å²) in [6.07, 6.45) is 0. The molecule has 0 saturated carbocycles. The first kappa shape index (κ1) is 13.4. The SMILES string of the molecule is O=S(=O)(O)OS(=O)(=O)O.[H-].[Na+]. The van der Waals surface area contributed by atoms with Crippen LogP contribution in [-0.2, 0) is 24.4 Å². The quantitative estimate of drug-likeness (QED) is 0.343. The first-order chi connectivity index (χ1) is 3.71. The minimum Gasteiger partial charge on any atom is -1.00 e. The minimum absolute atomic E-state index is 0. The predicted octanol–water partition coefficient (Wildman–Crippen LogP) is -4.27. The second-order valence-corrected chi connectivity index (χ2v) is 3.18. The smallest absolute Gasteiger partial charge is 1.00 e. The van der Waals surface area contributed by atoms with Crippen LogP contribution >= 0.6 is 0 Å². The van der Waals surface area contributed by atoms with E-state index in [-0.39, 0.29) is 31.0 Å². The Balaban J connectivity index is -0.000000320. The second-order valence-electron chi connectivity index (χ2n) is 0.924. The van der Waals surface area contributed by atoms with E-state index in [0.29, 0.717) is 0 Å². The Bertz CT molecular complexity index is 242. The fourth-order valence-electron chi connectivity index (χ4n) is 0.109. The van der Waals surface area contributed by atoms with E-state index >= 15 is 0 Å². The van der Waals surface area contributed by atoms with Crippen LogP contribution in [0.15, 0.2) is 0 Å². The van der Waals surface area contributed by atoms with Crippen LogP contribution in [0.5, 0.6) is 0 Å². The van der Waals surface area contributed by atoms with Gasteiger partial charge in [0, 0.05) is 0 Å². The van der Waals surface area contributed by atoms with Gasteiger partial charge in [0.2, 0.25) is 0 Å². The first-order valence-electron chi connectivity index (χ1n) is 1.37. The zero-order chi connectivity index (χ0) is 7.71. The average Bonchev–Trinajstić information content (AvgIpc) is 1.14. The zero-order valence-electron chi connectivity index (χ0n) is 5.75. The van der Waals surface area contributed by atoms with Gasteiger partial charge >= 0.3 is 50.4 Å². The molecule has 0 fully saturated rings. The predicted molar refractivity (Wildman–Crippen MR) is 25.3 cm³/mol. The van der Waals surface area contributed by atoms with Gasteiger partial charge in [-0.05, 0) is 0 Å². The molecule has 0 spiro atoms. The Labute approximate surface area is 81.1 Å². The maximum atomic E-state index is 9.44. The molecule has 0 rings (SSSR count). The van der Waals surface area contributed by atoms with Crippen LogP contribution in [0.2, 0.25) is 0 Å². The summed E-state index contributed by atoms with van der Waals surface area (Å²) in [7, 11) is -10.2. The summed E-state index contributed by atoms with van der Waals surface area (Å²) in [5.74, 6) is 0. The maximum Gasteiger partial charge on any atom is 1.00 e. The van der Waals surface area contributed by atoms with Gasteiger partial charge in [-0.25, -0.2) is 0 Å². The number of hydrogen-bond acceptors (Lipinski definition) is 5. The first-order valence-corrected chi connectivity index (χ1v) is 4.10. The Morgan fingerprint density at radius 2 is 1.20 bits per heavy atom. The van der Waals surface area contributed by atoms with Gasteiger partial charge in [0.15, 0.2) is 0 Å². The molecule has 7 nitrogen and oxygen atoms in total. The van der Waals surface area contributed by atoms with Crippen molar-refractivity contribution in [2.24, 2.45) is 0 Å². The van der Waals surface area contributed by atoms with Crippen molar-refractivity contribution in [1.82, 2.24) is 0 Å². The molecule has 0 heterocycles. The largest absolute Gasteiger partial charge is 1.00 e. The van der Waals surface area contributed by atoms with Gasteiger partial charge in [-0.15, -0.1) is 3.63 Å². The molecule has 0 aliphatic carbocycles. The van der Waals surface area contributed by atoms with Crippen LogP contribution in [0.3, 0.4) is 0 Å². The molecule has 0 radical (unpaired) electrons. The molecule has 0 unspecified atom stereocenters. The van der Waals surface area contributed by atoms with Crippen molar-refractivity contribution in [2.45, 2.75) is 0 Å². The van der Waals surface area contributed by atoms with E-state index in [2.05, 4.69) is 3.63 Å². The van der Waals surface area contributed by atoms with Gasteiger partial charge in [0.05, 0.1) is 0 Å². The van der Waals surface area contributed by atoms with E-state index in [1.165, 1.54) is 0 Å². The molecule has 0 atom stereocenters. The van der Waals surface area contributed by atoms with Crippen molar-refractivity contribution in [2.75, 3.05) is 0 Å². The summed E-state index contributed by atoms with van der Waals surface area (Å²) >= 11 is 0. The molecule has 10 heavy (non-hydrogen) atoms. The van der Waals surface area contributed by atoms with E-state index in [4.69, 9.17) is 9.11 Å². The summed E-state index contributed by atoms with van der Waals surface area (Å²) in [4.78, 5) is 0. The van der Waals surface area contributed by atoms with Crippen molar-refractivity contribution in [1.29, 1.82) is 0 Å². The van der Waals surface area contributed by atoms with Crippen molar-refractivity contribution >= 4 is 20.8 Å². The summed E-state index contributed by atoms with van der Waals surface area (Å²) < 4.78 is 55.6. The molecule has 58 valence electrons. The van der Waals surface area contributed by atoms with Crippen LogP contribution in [-0.4, -0.2) is 25.9 Å². The molecular weight excluding hydrogens is 199 g/mol. The Kier molecular flexibility index (Phi) is 5.31. The molecule has 0 aromatic heterocycles. The van der Waals surface area contributed by atoms with Gasteiger partial charge in [-0.1, -0.05) is 0 Å². The molecule has 0 aliphatic rings. The van der Waals surface area contributed by atoms with Crippen molar-refractivity contribution in [3.8, 4) is 0 Å². The fourth-order valence-corrected chi connectivity index (χ4v) is 0.978. The molecule has 10 heteroatoms.